The minimum Gasteiger partial charge on any atom is -0.381 e. The predicted molar refractivity (Wildman–Crippen MR) is 101 cm³/mol. The Kier molecular flexibility index (Phi) is 9.63. The van der Waals surface area contributed by atoms with Crippen LogP contribution < -0.4 is 10.6 Å². The van der Waals surface area contributed by atoms with Crippen molar-refractivity contribution in [1.29, 1.82) is 0 Å². The second-order valence-corrected chi connectivity index (χ2v) is 7.06. The number of rotatable bonds is 7. The number of amides is 1. The van der Waals surface area contributed by atoms with Crippen LogP contribution in [0.15, 0.2) is 24.3 Å². The van der Waals surface area contributed by atoms with E-state index >= 15 is 0 Å². The molecule has 1 aliphatic heterocycles. The average Bonchev–Trinajstić information content (AvgIpc) is 2.54. The van der Waals surface area contributed by atoms with Crippen molar-refractivity contribution in [2.45, 2.75) is 30.8 Å². The molecule has 4 nitrogen and oxygen atoms in total. The molecule has 1 atom stereocenters. The zero-order valence-corrected chi connectivity index (χ0v) is 15.5. The summed E-state index contributed by atoms with van der Waals surface area (Å²) in [5, 5.41) is 6.72. The SMILES string of the molecule is CNCC(C)C(=O)Nc1cccc(CSC2CCOCC2)c1.Cl. The van der Waals surface area contributed by atoms with E-state index < -0.39 is 0 Å². The molecule has 1 amide bonds. The Labute approximate surface area is 149 Å². The molecular formula is C17H27ClN2O2S. The minimum absolute atomic E-state index is 0. The van der Waals surface area contributed by atoms with Crippen LogP contribution in [0, 0.1) is 5.92 Å². The topological polar surface area (TPSA) is 50.4 Å². The van der Waals surface area contributed by atoms with Gasteiger partial charge < -0.3 is 15.4 Å². The lowest BCUT2D eigenvalue weighted by atomic mass is 10.1. The van der Waals surface area contributed by atoms with Gasteiger partial charge in [0.05, 0.1) is 0 Å². The van der Waals surface area contributed by atoms with Crippen molar-refractivity contribution in [3.8, 4) is 0 Å². The monoisotopic (exact) mass is 358 g/mol. The minimum atomic E-state index is -0.0368. The van der Waals surface area contributed by atoms with Gasteiger partial charge in [-0.05, 0) is 37.6 Å². The summed E-state index contributed by atoms with van der Waals surface area (Å²) in [5.41, 5.74) is 2.15. The van der Waals surface area contributed by atoms with Crippen molar-refractivity contribution < 1.29 is 9.53 Å². The Morgan fingerprint density at radius 2 is 2.13 bits per heavy atom. The first-order valence-electron chi connectivity index (χ1n) is 7.93. The van der Waals surface area contributed by atoms with Crippen molar-refractivity contribution in [2.24, 2.45) is 5.92 Å². The predicted octanol–water partition coefficient (Wildman–Crippen LogP) is 3.31. The summed E-state index contributed by atoms with van der Waals surface area (Å²) in [6.07, 6.45) is 2.28. The van der Waals surface area contributed by atoms with E-state index in [2.05, 4.69) is 22.8 Å². The zero-order valence-electron chi connectivity index (χ0n) is 13.8. The van der Waals surface area contributed by atoms with Gasteiger partial charge >= 0.3 is 0 Å². The van der Waals surface area contributed by atoms with Crippen LogP contribution in [-0.4, -0.2) is 38.0 Å². The van der Waals surface area contributed by atoms with Crippen molar-refractivity contribution >= 4 is 35.8 Å². The number of halogens is 1. The lowest BCUT2D eigenvalue weighted by molar-refractivity contribution is -0.119. The molecule has 1 aromatic carbocycles. The fourth-order valence-electron chi connectivity index (χ4n) is 2.46. The summed E-state index contributed by atoms with van der Waals surface area (Å²) in [6, 6.07) is 8.17. The maximum absolute atomic E-state index is 12.0. The summed E-state index contributed by atoms with van der Waals surface area (Å²) in [6.45, 7) is 4.38. The fraction of sp³-hybridized carbons (Fsp3) is 0.588. The number of benzene rings is 1. The molecule has 0 spiro atoms. The van der Waals surface area contributed by atoms with E-state index in [1.54, 1.807) is 0 Å². The molecule has 1 aromatic rings. The standard InChI is InChI=1S/C17H26N2O2S.ClH/c1-13(11-18-2)17(20)19-15-5-3-4-14(10-15)12-22-16-6-8-21-9-7-16;/h3-5,10,13,16,18H,6-9,11-12H2,1-2H3,(H,19,20);1H. The van der Waals surface area contributed by atoms with Gasteiger partial charge in [0.25, 0.3) is 0 Å². The molecule has 0 radical (unpaired) electrons. The summed E-state index contributed by atoms with van der Waals surface area (Å²) >= 11 is 1.99. The third-order valence-electron chi connectivity index (χ3n) is 3.81. The van der Waals surface area contributed by atoms with Gasteiger partial charge in [0.1, 0.15) is 0 Å². The van der Waals surface area contributed by atoms with Crippen LogP contribution in [-0.2, 0) is 15.3 Å². The highest BCUT2D eigenvalue weighted by molar-refractivity contribution is 7.99. The summed E-state index contributed by atoms with van der Waals surface area (Å²) in [7, 11) is 1.86. The normalized spacial score (nSPS) is 16.4. The molecule has 1 fully saturated rings. The van der Waals surface area contributed by atoms with Crippen LogP contribution in [0.3, 0.4) is 0 Å². The Balaban J connectivity index is 0.00000264. The zero-order chi connectivity index (χ0) is 15.8. The van der Waals surface area contributed by atoms with E-state index in [0.717, 1.165) is 37.5 Å². The van der Waals surface area contributed by atoms with E-state index in [-0.39, 0.29) is 24.2 Å². The Morgan fingerprint density at radius 1 is 1.39 bits per heavy atom. The summed E-state index contributed by atoms with van der Waals surface area (Å²) in [4.78, 5) is 12.0. The lowest BCUT2D eigenvalue weighted by Crippen LogP contribution is -2.28. The smallest absolute Gasteiger partial charge is 0.228 e. The molecule has 0 aromatic heterocycles. The van der Waals surface area contributed by atoms with E-state index in [1.807, 2.05) is 37.9 Å². The lowest BCUT2D eigenvalue weighted by Gasteiger charge is -2.21. The number of thioether (sulfide) groups is 1. The first-order valence-corrected chi connectivity index (χ1v) is 8.97. The fourth-order valence-corrected chi connectivity index (χ4v) is 3.59. The molecule has 2 rings (SSSR count). The van der Waals surface area contributed by atoms with E-state index in [9.17, 15) is 4.79 Å². The van der Waals surface area contributed by atoms with Gasteiger partial charge in [-0.3, -0.25) is 4.79 Å². The number of anilines is 1. The molecule has 0 bridgehead atoms. The van der Waals surface area contributed by atoms with Crippen molar-refractivity contribution in [2.75, 3.05) is 32.1 Å². The van der Waals surface area contributed by atoms with E-state index in [0.29, 0.717) is 11.8 Å². The average molecular weight is 359 g/mol. The number of carbonyl (C=O) groups excluding carboxylic acids is 1. The third kappa shape index (κ3) is 7.12. The molecule has 23 heavy (non-hydrogen) atoms. The Hall–Kier alpha value is -0.750. The second kappa shape index (κ2) is 10.9. The summed E-state index contributed by atoms with van der Waals surface area (Å²) in [5.74, 6) is 1.01. The van der Waals surface area contributed by atoms with Crippen LogP contribution in [0.25, 0.3) is 0 Å². The molecule has 130 valence electrons. The van der Waals surface area contributed by atoms with Crippen LogP contribution in [0.5, 0.6) is 0 Å². The van der Waals surface area contributed by atoms with E-state index in [4.69, 9.17) is 4.74 Å². The highest BCUT2D eigenvalue weighted by atomic mass is 35.5. The summed E-state index contributed by atoms with van der Waals surface area (Å²) < 4.78 is 5.39. The molecule has 0 saturated carbocycles. The second-order valence-electron chi connectivity index (χ2n) is 5.77. The third-order valence-corrected chi connectivity index (χ3v) is 5.25. The maximum atomic E-state index is 12.0. The van der Waals surface area contributed by atoms with Gasteiger partial charge in [0, 0.05) is 42.4 Å². The molecular weight excluding hydrogens is 332 g/mol. The first-order chi connectivity index (χ1) is 10.7. The largest absolute Gasteiger partial charge is 0.381 e. The molecule has 0 aliphatic carbocycles. The van der Waals surface area contributed by atoms with Gasteiger partial charge in [-0.1, -0.05) is 19.1 Å². The number of carbonyl (C=O) groups is 1. The van der Waals surface area contributed by atoms with Crippen molar-refractivity contribution in [1.82, 2.24) is 5.32 Å². The van der Waals surface area contributed by atoms with E-state index in [1.165, 1.54) is 5.56 Å². The van der Waals surface area contributed by atoms with Gasteiger partial charge in [-0.25, -0.2) is 0 Å². The van der Waals surface area contributed by atoms with Gasteiger partial charge in [-0.2, -0.15) is 11.8 Å². The van der Waals surface area contributed by atoms with Crippen LogP contribution in [0.2, 0.25) is 0 Å². The number of hydrogen-bond donors (Lipinski definition) is 2. The van der Waals surface area contributed by atoms with Gasteiger partial charge in [0.15, 0.2) is 0 Å². The quantitative estimate of drug-likeness (QED) is 0.785. The van der Waals surface area contributed by atoms with Crippen molar-refractivity contribution in [3.05, 3.63) is 29.8 Å². The van der Waals surface area contributed by atoms with Crippen LogP contribution in [0.1, 0.15) is 25.3 Å². The Morgan fingerprint density at radius 3 is 2.83 bits per heavy atom. The molecule has 1 unspecified atom stereocenters. The molecule has 1 aliphatic rings. The molecule has 1 heterocycles. The highest BCUT2D eigenvalue weighted by Gasteiger charge is 2.15. The van der Waals surface area contributed by atoms with Gasteiger partial charge in [0.2, 0.25) is 5.91 Å². The van der Waals surface area contributed by atoms with Crippen LogP contribution in [0.4, 0.5) is 5.69 Å². The number of nitrogens with one attached hydrogen (secondary N) is 2. The van der Waals surface area contributed by atoms with Crippen LogP contribution >= 0.6 is 24.2 Å². The number of ether oxygens (including phenoxy) is 1. The Bertz CT molecular complexity index is 481. The first kappa shape index (κ1) is 20.3. The van der Waals surface area contributed by atoms with Crippen molar-refractivity contribution in [3.63, 3.8) is 0 Å². The highest BCUT2D eigenvalue weighted by Crippen LogP contribution is 2.26. The molecule has 2 N–H and O–H groups in total. The molecule has 1 saturated heterocycles. The maximum Gasteiger partial charge on any atom is 0.228 e. The number of hydrogen-bond acceptors (Lipinski definition) is 4. The molecule has 6 heteroatoms. The van der Waals surface area contributed by atoms with Gasteiger partial charge in [-0.15, -0.1) is 12.4 Å².